The zero-order chi connectivity index (χ0) is 25.4. The predicted molar refractivity (Wildman–Crippen MR) is 139 cm³/mol. The molecule has 186 valence electrons. The molecular weight excluding hydrogens is 482 g/mol. The van der Waals surface area contributed by atoms with Crippen LogP contribution in [0.15, 0.2) is 36.7 Å². The second kappa shape index (κ2) is 9.28. The molecule has 1 amide bonds. The molecule has 1 saturated heterocycles. The van der Waals surface area contributed by atoms with E-state index in [0.717, 1.165) is 39.7 Å². The molecule has 1 fully saturated rings. The number of amides is 1. The number of nitrogens with one attached hydrogen (secondary N) is 1. The second-order valence-corrected chi connectivity index (χ2v) is 9.81. The first-order valence-corrected chi connectivity index (χ1v) is 12.0. The van der Waals surface area contributed by atoms with Gasteiger partial charge in [-0.15, -0.1) is 0 Å². The van der Waals surface area contributed by atoms with Gasteiger partial charge >= 0.3 is 5.95 Å². The molecule has 1 aliphatic heterocycles. The third-order valence-corrected chi connectivity index (χ3v) is 7.43. The second-order valence-electron chi connectivity index (χ2n) is 8.78. The fourth-order valence-electron chi connectivity index (χ4n) is 3.90. The maximum Gasteiger partial charge on any atom is 0.334 e. The van der Waals surface area contributed by atoms with Crippen LogP contribution in [0.25, 0.3) is 21.6 Å². The number of thiophene rings is 1. The summed E-state index contributed by atoms with van der Waals surface area (Å²) in [7, 11) is 3.91. The monoisotopic (exact) mass is 508 g/mol. The summed E-state index contributed by atoms with van der Waals surface area (Å²) in [6, 6.07) is 7.41. The average molecular weight is 509 g/mol. The molecule has 4 heterocycles. The quantitative estimate of drug-likeness (QED) is 0.136. The van der Waals surface area contributed by atoms with E-state index in [9.17, 15) is 4.79 Å². The van der Waals surface area contributed by atoms with Crippen molar-refractivity contribution in [3.63, 3.8) is 0 Å². The van der Waals surface area contributed by atoms with Crippen LogP contribution in [0.5, 0.6) is 0 Å². The number of carbonyl (C=O) groups is 1. The Bertz CT molecular complexity index is 1430. The van der Waals surface area contributed by atoms with Crippen LogP contribution in [0.4, 0.5) is 28.1 Å². The Kier molecular flexibility index (Phi) is 6.14. The molecule has 0 atom stereocenters. The minimum atomic E-state index is -0.671. The van der Waals surface area contributed by atoms with Gasteiger partial charge in [-0.1, -0.05) is 11.3 Å². The zero-order valence-corrected chi connectivity index (χ0v) is 20.6. The molecule has 1 aliphatic rings. The number of hydrogen-bond acceptors (Lipinski definition) is 11. The summed E-state index contributed by atoms with van der Waals surface area (Å²) in [5.74, 6) is 1.19. The number of morpholine rings is 1. The lowest BCUT2D eigenvalue weighted by atomic mass is 10.1. The first-order chi connectivity index (χ1) is 17.3. The molecule has 1 aromatic carbocycles. The Morgan fingerprint density at radius 2 is 1.83 bits per heavy atom. The lowest BCUT2D eigenvalue weighted by Crippen LogP contribution is -2.37. The fourth-order valence-corrected chi connectivity index (χ4v) is 5.07. The van der Waals surface area contributed by atoms with Crippen molar-refractivity contribution in [3.05, 3.63) is 42.2 Å². The van der Waals surface area contributed by atoms with E-state index in [1.807, 2.05) is 26.2 Å². The van der Waals surface area contributed by atoms with E-state index in [1.54, 1.807) is 28.9 Å². The Hall–Kier alpha value is -3.91. The smallest absolute Gasteiger partial charge is 0.334 e. The minimum Gasteiger partial charge on any atom is -0.397 e. The number of rotatable bonds is 5. The number of anilines is 3. The van der Waals surface area contributed by atoms with Crippen molar-refractivity contribution in [3.8, 4) is 11.4 Å². The van der Waals surface area contributed by atoms with Gasteiger partial charge in [0.1, 0.15) is 4.70 Å². The van der Waals surface area contributed by atoms with Gasteiger partial charge in [-0.05, 0) is 18.2 Å². The number of carbonyl (C=O) groups excluding carboxylic acids is 1. The molecule has 0 aliphatic carbocycles. The molecule has 0 spiro atoms. The van der Waals surface area contributed by atoms with Crippen LogP contribution in [0.3, 0.4) is 0 Å². The Balaban J connectivity index is 1.61. The van der Waals surface area contributed by atoms with Gasteiger partial charge in [0.15, 0.2) is 16.6 Å². The molecule has 0 unspecified atom stereocenters. The van der Waals surface area contributed by atoms with E-state index in [1.165, 1.54) is 12.4 Å². The first-order valence-electron chi connectivity index (χ1n) is 11.2. The predicted octanol–water partition coefficient (Wildman–Crippen LogP) is 2.17. The summed E-state index contributed by atoms with van der Waals surface area (Å²) in [5, 5.41) is 9.78. The maximum absolute atomic E-state index is 11.7. The van der Waals surface area contributed by atoms with Crippen LogP contribution >= 0.6 is 11.3 Å². The summed E-state index contributed by atoms with van der Waals surface area (Å²) in [6.45, 7) is 2.69. The molecule has 3 aromatic heterocycles. The van der Waals surface area contributed by atoms with E-state index < -0.39 is 5.91 Å². The van der Waals surface area contributed by atoms with Crippen molar-refractivity contribution >= 4 is 55.6 Å². The topological polar surface area (TPSA) is 165 Å². The average Bonchev–Trinajstić information content (AvgIpc) is 3.35. The molecular formula is C23H26N9O3S+. The van der Waals surface area contributed by atoms with Crippen LogP contribution < -0.4 is 26.3 Å². The highest BCUT2D eigenvalue weighted by atomic mass is 32.1. The maximum atomic E-state index is 11.7. The number of nitrogens with zero attached hydrogens (tertiary/aromatic N) is 6. The van der Waals surface area contributed by atoms with Gasteiger partial charge in [0, 0.05) is 37.1 Å². The number of quaternary nitrogens is 1. The number of hydrogen-bond donors (Lipinski definition) is 4. The van der Waals surface area contributed by atoms with E-state index in [2.05, 4.69) is 14.9 Å². The highest BCUT2D eigenvalue weighted by Crippen LogP contribution is 2.42. The van der Waals surface area contributed by atoms with E-state index >= 15 is 0 Å². The minimum absolute atomic E-state index is 0.158. The third-order valence-electron chi connectivity index (χ3n) is 6.05. The molecule has 36 heavy (non-hydrogen) atoms. The van der Waals surface area contributed by atoms with Crippen LogP contribution in [0, 0.1) is 0 Å². The van der Waals surface area contributed by atoms with Crippen LogP contribution in [-0.4, -0.2) is 71.4 Å². The Morgan fingerprint density at radius 1 is 1.11 bits per heavy atom. The zero-order valence-electron chi connectivity index (χ0n) is 19.8. The molecule has 5 rings (SSSR count). The molecule has 12 nitrogen and oxygen atoms in total. The highest BCUT2D eigenvalue weighted by molar-refractivity contribution is 7.23. The van der Waals surface area contributed by atoms with E-state index in [4.69, 9.17) is 31.4 Å². The van der Waals surface area contributed by atoms with Gasteiger partial charge in [0.05, 0.1) is 49.8 Å². The molecule has 0 radical (unpaired) electrons. The number of hydroxylamine groups is 1. The summed E-state index contributed by atoms with van der Waals surface area (Å²) in [4.78, 5) is 32.4. The van der Waals surface area contributed by atoms with Crippen molar-refractivity contribution in [1.29, 1.82) is 0 Å². The van der Waals surface area contributed by atoms with Gasteiger partial charge in [-0.2, -0.15) is 9.97 Å². The summed E-state index contributed by atoms with van der Waals surface area (Å²) in [5.41, 5.74) is 16.3. The normalized spacial score (nSPS) is 14.2. The van der Waals surface area contributed by atoms with Gasteiger partial charge in [0.25, 0.3) is 5.91 Å². The van der Waals surface area contributed by atoms with E-state index in [-0.39, 0.29) is 10.0 Å². The van der Waals surface area contributed by atoms with Gasteiger partial charge in [0.2, 0.25) is 0 Å². The van der Waals surface area contributed by atoms with Gasteiger partial charge in [-0.25, -0.2) is 19.9 Å². The molecule has 6 N–H and O–H groups in total. The van der Waals surface area contributed by atoms with Gasteiger partial charge < -0.3 is 21.1 Å². The molecule has 0 saturated carbocycles. The van der Waals surface area contributed by atoms with Crippen LogP contribution in [0.1, 0.15) is 10.4 Å². The van der Waals surface area contributed by atoms with Crippen molar-refractivity contribution in [2.75, 3.05) is 56.8 Å². The SMILES string of the molecule is C[N+](C)(c1ncc(C(=O)NO)cn1)c1cc2nc(-c3ccc(N)c(N)c3)nc(N3CCOCC3)c2s1. The first kappa shape index (κ1) is 23.8. The number of nitrogen functional groups attached to an aromatic ring is 2. The van der Waals surface area contributed by atoms with Crippen molar-refractivity contribution in [1.82, 2.24) is 29.9 Å². The van der Waals surface area contributed by atoms with Crippen molar-refractivity contribution < 1.29 is 14.7 Å². The lowest BCUT2D eigenvalue weighted by molar-refractivity contribution is 0.0705. The largest absolute Gasteiger partial charge is 0.397 e. The summed E-state index contributed by atoms with van der Waals surface area (Å²) < 4.78 is 6.72. The Morgan fingerprint density at radius 3 is 2.50 bits per heavy atom. The van der Waals surface area contributed by atoms with Gasteiger partial charge in [-0.3, -0.25) is 10.0 Å². The molecule has 0 bridgehead atoms. The number of nitrogens with two attached hydrogens (primary N) is 2. The third kappa shape index (κ3) is 4.28. The summed E-state index contributed by atoms with van der Waals surface area (Å²) in [6.07, 6.45) is 2.76. The standard InChI is InChI=1S/C23H25N9O3S/c1-32(2,23-26-11-14(12-27-23)22(33)30-34)18-10-17-19(36-18)21(31-5-7-35-8-6-31)29-20(28-17)13-3-4-15(24)16(25)9-13/h3-4,9-12H,5-8,25H2,1-2H3,(H3-,24,28,29,30,33,34)/p+1. The number of benzene rings is 1. The molecule has 13 heteroatoms. The molecule has 4 aromatic rings. The lowest BCUT2D eigenvalue weighted by Gasteiger charge is -2.28. The van der Waals surface area contributed by atoms with Crippen LogP contribution in [-0.2, 0) is 4.74 Å². The van der Waals surface area contributed by atoms with Crippen LogP contribution in [0.2, 0.25) is 0 Å². The number of aromatic nitrogens is 4. The highest BCUT2D eigenvalue weighted by Gasteiger charge is 2.31. The van der Waals surface area contributed by atoms with Crippen molar-refractivity contribution in [2.45, 2.75) is 0 Å². The summed E-state index contributed by atoms with van der Waals surface area (Å²) >= 11 is 1.56. The number of fused-ring (bicyclic) bond motifs is 1. The number of ether oxygens (including phenoxy) is 1. The van der Waals surface area contributed by atoms with Crippen molar-refractivity contribution in [2.24, 2.45) is 0 Å². The Labute approximate surface area is 210 Å². The fraction of sp³-hybridized carbons (Fsp3) is 0.261. The van der Waals surface area contributed by atoms with E-state index in [0.29, 0.717) is 36.4 Å².